The largest absolute Gasteiger partial charge is 0.365 e. The molecule has 0 radical (unpaired) electrons. The van der Waals surface area contributed by atoms with Gasteiger partial charge in [0.05, 0.1) is 12.7 Å². The minimum absolute atomic E-state index is 0.00945. The van der Waals surface area contributed by atoms with E-state index in [9.17, 15) is 0 Å². The number of benzene rings is 1. The topological polar surface area (TPSA) is 9.23 Å². The summed E-state index contributed by atoms with van der Waals surface area (Å²) in [7, 11) is 0. The highest BCUT2D eigenvalue weighted by molar-refractivity contribution is 5.14. The zero-order valence-electron chi connectivity index (χ0n) is 9.44. The number of ether oxygens (including phenoxy) is 1. The van der Waals surface area contributed by atoms with Crippen molar-refractivity contribution in [1.29, 1.82) is 0 Å². The van der Waals surface area contributed by atoms with Gasteiger partial charge in [0.2, 0.25) is 0 Å². The fraction of sp³-hybridized carbons (Fsp3) is 0.286. The van der Waals surface area contributed by atoms with Gasteiger partial charge in [-0.3, -0.25) is 0 Å². The highest BCUT2D eigenvalue weighted by atomic mass is 16.5. The highest BCUT2D eigenvalue weighted by Gasteiger charge is 2.00. The van der Waals surface area contributed by atoms with Gasteiger partial charge < -0.3 is 4.74 Å². The molecule has 0 aliphatic rings. The molecule has 0 aromatic heterocycles. The van der Waals surface area contributed by atoms with Gasteiger partial charge in [0.15, 0.2) is 0 Å². The lowest BCUT2D eigenvalue weighted by Crippen LogP contribution is -2.06. The van der Waals surface area contributed by atoms with Gasteiger partial charge >= 0.3 is 0 Å². The van der Waals surface area contributed by atoms with E-state index in [1.165, 1.54) is 11.1 Å². The van der Waals surface area contributed by atoms with Crippen molar-refractivity contribution in [2.24, 2.45) is 0 Å². The van der Waals surface area contributed by atoms with E-state index in [2.05, 4.69) is 38.6 Å². The van der Waals surface area contributed by atoms with E-state index in [-0.39, 0.29) is 6.10 Å². The molecule has 0 bridgehead atoms. The third-order valence-electron chi connectivity index (χ3n) is 2.02. The second-order valence-electron chi connectivity index (χ2n) is 3.74. The molecular weight excluding hydrogens is 184 g/mol. The lowest BCUT2D eigenvalue weighted by atomic mass is 10.2. The summed E-state index contributed by atoms with van der Waals surface area (Å²) in [6.45, 7) is 8.50. The summed E-state index contributed by atoms with van der Waals surface area (Å²) >= 11 is 0. The van der Waals surface area contributed by atoms with Crippen molar-refractivity contribution in [3.63, 3.8) is 0 Å². The third-order valence-corrected chi connectivity index (χ3v) is 2.02. The Balaban J connectivity index is 2.48. The Morgan fingerprint density at radius 1 is 1.33 bits per heavy atom. The third kappa shape index (κ3) is 4.61. The number of hydrogen-bond donors (Lipinski definition) is 0. The molecular formula is C14H18O. The van der Waals surface area contributed by atoms with Gasteiger partial charge in [0, 0.05) is 0 Å². The lowest BCUT2D eigenvalue weighted by molar-refractivity contribution is 0.101. The molecule has 0 aliphatic heterocycles. The van der Waals surface area contributed by atoms with Crippen LogP contribution in [0.5, 0.6) is 0 Å². The first-order valence-electron chi connectivity index (χ1n) is 5.15. The minimum Gasteiger partial charge on any atom is -0.365 e. The molecule has 0 fully saturated rings. The lowest BCUT2D eigenvalue weighted by Gasteiger charge is -2.10. The van der Waals surface area contributed by atoms with Crippen LogP contribution < -0.4 is 0 Å². The molecule has 1 unspecified atom stereocenters. The van der Waals surface area contributed by atoms with Crippen molar-refractivity contribution in [3.05, 3.63) is 60.2 Å². The van der Waals surface area contributed by atoms with E-state index < -0.39 is 0 Å². The van der Waals surface area contributed by atoms with Crippen molar-refractivity contribution in [1.82, 2.24) is 0 Å². The average Bonchev–Trinajstić information content (AvgIpc) is 2.25. The van der Waals surface area contributed by atoms with Crippen LogP contribution in [-0.4, -0.2) is 6.10 Å². The van der Waals surface area contributed by atoms with Gasteiger partial charge in [0.25, 0.3) is 0 Å². The van der Waals surface area contributed by atoms with E-state index in [4.69, 9.17) is 4.74 Å². The normalized spacial score (nSPS) is 11.9. The van der Waals surface area contributed by atoms with Crippen molar-refractivity contribution in [2.45, 2.75) is 26.6 Å². The first kappa shape index (κ1) is 11.7. The SMILES string of the molecule is C=CC(C=C(C)C)OCc1ccccc1. The van der Waals surface area contributed by atoms with E-state index in [1.54, 1.807) is 0 Å². The van der Waals surface area contributed by atoms with Gasteiger partial charge in [-0.2, -0.15) is 0 Å². The average molecular weight is 202 g/mol. The van der Waals surface area contributed by atoms with Crippen molar-refractivity contribution in [2.75, 3.05) is 0 Å². The summed E-state index contributed by atoms with van der Waals surface area (Å²) in [6.07, 6.45) is 3.89. The maximum Gasteiger partial charge on any atom is 0.0941 e. The zero-order valence-corrected chi connectivity index (χ0v) is 9.44. The molecule has 1 aromatic rings. The minimum atomic E-state index is 0.00945. The summed E-state index contributed by atoms with van der Waals surface area (Å²) in [5.74, 6) is 0. The summed E-state index contributed by atoms with van der Waals surface area (Å²) in [6, 6.07) is 10.2. The van der Waals surface area contributed by atoms with Crippen LogP contribution in [0.3, 0.4) is 0 Å². The van der Waals surface area contributed by atoms with Crippen LogP contribution in [0.1, 0.15) is 19.4 Å². The molecule has 0 aliphatic carbocycles. The fourth-order valence-electron chi connectivity index (χ4n) is 1.28. The van der Waals surface area contributed by atoms with E-state index >= 15 is 0 Å². The number of allylic oxidation sites excluding steroid dienone is 1. The molecule has 0 spiro atoms. The molecule has 0 heterocycles. The Morgan fingerprint density at radius 3 is 2.53 bits per heavy atom. The van der Waals surface area contributed by atoms with Crippen molar-refractivity contribution < 1.29 is 4.74 Å². The van der Waals surface area contributed by atoms with Crippen molar-refractivity contribution in [3.8, 4) is 0 Å². The van der Waals surface area contributed by atoms with Gasteiger partial charge in [-0.25, -0.2) is 0 Å². The van der Waals surface area contributed by atoms with Crippen LogP contribution in [0.2, 0.25) is 0 Å². The molecule has 1 nitrogen and oxygen atoms in total. The predicted molar refractivity (Wildman–Crippen MR) is 64.6 cm³/mol. The first-order chi connectivity index (χ1) is 7.22. The molecule has 15 heavy (non-hydrogen) atoms. The number of rotatable bonds is 5. The van der Waals surface area contributed by atoms with E-state index in [0.29, 0.717) is 6.61 Å². The summed E-state index contributed by atoms with van der Waals surface area (Å²) < 4.78 is 5.69. The maximum atomic E-state index is 5.69. The molecule has 1 atom stereocenters. The Labute approximate surface area is 92.1 Å². The van der Waals surface area contributed by atoms with Crippen LogP contribution in [0.4, 0.5) is 0 Å². The van der Waals surface area contributed by atoms with Crippen LogP contribution in [0.15, 0.2) is 54.6 Å². The quantitative estimate of drug-likeness (QED) is 0.661. The molecule has 1 aromatic carbocycles. The Kier molecular flexibility index (Phi) is 4.85. The maximum absolute atomic E-state index is 5.69. The van der Waals surface area contributed by atoms with Crippen LogP contribution >= 0.6 is 0 Å². The van der Waals surface area contributed by atoms with Crippen LogP contribution in [0, 0.1) is 0 Å². The molecule has 1 rings (SSSR count). The van der Waals surface area contributed by atoms with Gasteiger partial charge in [-0.05, 0) is 19.4 Å². The molecule has 0 saturated heterocycles. The smallest absolute Gasteiger partial charge is 0.0941 e. The summed E-state index contributed by atoms with van der Waals surface area (Å²) in [5, 5.41) is 0. The monoisotopic (exact) mass is 202 g/mol. The van der Waals surface area contributed by atoms with Crippen LogP contribution in [-0.2, 0) is 11.3 Å². The first-order valence-corrected chi connectivity index (χ1v) is 5.15. The van der Waals surface area contributed by atoms with Crippen LogP contribution in [0.25, 0.3) is 0 Å². The van der Waals surface area contributed by atoms with E-state index in [1.807, 2.05) is 24.3 Å². The number of hydrogen-bond acceptors (Lipinski definition) is 1. The second kappa shape index (κ2) is 6.20. The molecule has 0 amide bonds. The summed E-state index contributed by atoms with van der Waals surface area (Å²) in [4.78, 5) is 0. The molecule has 0 N–H and O–H groups in total. The summed E-state index contributed by atoms with van der Waals surface area (Å²) in [5.41, 5.74) is 2.43. The van der Waals surface area contributed by atoms with Gasteiger partial charge in [-0.15, -0.1) is 6.58 Å². The molecule has 1 heteroatoms. The highest BCUT2D eigenvalue weighted by Crippen LogP contribution is 2.06. The standard InChI is InChI=1S/C14H18O/c1-4-14(10-12(2)3)15-11-13-8-6-5-7-9-13/h4-10,14H,1,11H2,2-3H3. The van der Waals surface area contributed by atoms with Gasteiger partial charge in [0.1, 0.15) is 0 Å². The zero-order chi connectivity index (χ0) is 11.1. The molecule has 80 valence electrons. The fourth-order valence-corrected chi connectivity index (χ4v) is 1.28. The Morgan fingerprint density at radius 2 is 2.00 bits per heavy atom. The van der Waals surface area contributed by atoms with E-state index in [0.717, 1.165) is 0 Å². The van der Waals surface area contributed by atoms with Crippen molar-refractivity contribution >= 4 is 0 Å². The Hall–Kier alpha value is -1.34. The van der Waals surface area contributed by atoms with Gasteiger partial charge in [-0.1, -0.05) is 48.1 Å². The second-order valence-corrected chi connectivity index (χ2v) is 3.74. The Bertz CT molecular complexity index is 320. The molecule has 0 saturated carbocycles. The predicted octanol–water partition coefficient (Wildman–Crippen LogP) is 3.72.